The van der Waals surface area contributed by atoms with E-state index in [0.29, 0.717) is 6.54 Å². The van der Waals surface area contributed by atoms with E-state index >= 15 is 0 Å². The monoisotopic (exact) mass is 284 g/mol. The molecule has 0 unspecified atom stereocenters. The van der Waals surface area contributed by atoms with Crippen LogP contribution in [0.2, 0.25) is 0 Å². The molecule has 0 radical (unpaired) electrons. The molecule has 6 heteroatoms. The third-order valence-electron chi connectivity index (χ3n) is 2.65. The molecule has 0 amide bonds. The second-order valence-electron chi connectivity index (χ2n) is 4.47. The fourth-order valence-corrected chi connectivity index (χ4v) is 1.70. The van der Waals surface area contributed by atoms with Crippen LogP contribution in [-0.2, 0) is 13.6 Å². The van der Waals surface area contributed by atoms with E-state index in [0.717, 1.165) is 11.3 Å². The number of aromatic nitrogens is 1. The van der Waals surface area contributed by atoms with Gasteiger partial charge in [-0.15, -0.1) is 0 Å². The number of hydrogen-bond donors (Lipinski definition) is 1. The van der Waals surface area contributed by atoms with Crippen LogP contribution in [0.3, 0.4) is 0 Å². The summed E-state index contributed by atoms with van der Waals surface area (Å²) in [7, 11) is 1.94. The number of aryl methyl sites for hydroxylation is 1. The first-order valence-corrected chi connectivity index (χ1v) is 6.07. The van der Waals surface area contributed by atoms with Crippen molar-refractivity contribution in [1.29, 1.82) is 0 Å². The Bertz CT molecular complexity index is 546. The molecule has 0 aliphatic heterocycles. The smallest absolute Gasteiger partial charge is 0.422 e. The van der Waals surface area contributed by atoms with Gasteiger partial charge in [-0.2, -0.15) is 13.2 Å². The quantitative estimate of drug-likeness (QED) is 0.908. The molecule has 0 spiro atoms. The lowest BCUT2D eigenvalue weighted by atomic mass is 10.3. The van der Waals surface area contributed by atoms with Crippen LogP contribution in [-0.4, -0.2) is 17.4 Å². The summed E-state index contributed by atoms with van der Waals surface area (Å²) < 4.78 is 42.6. The average Bonchev–Trinajstić information content (AvgIpc) is 2.80. The fraction of sp³-hybridized carbons (Fsp3) is 0.286. The number of nitrogens with zero attached hydrogens (tertiary/aromatic N) is 1. The molecule has 0 aliphatic carbocycles. The van der Waals surface area contributed by atoms with E-state index in [2.05, 4.69) is 10.1 Å². The van der Waals surface area contributed by atoms with Crippen LogP contribution in [0.4, 0.5) is 18.9 Å². The van der Waals surface area contributed by atoms with Crippen molar-refractivity contribution in [2.45, 2.75) is 12.7 Å². The summed E-state index contributed by atoms with van der Waals surface area (Å²) >= 11 is 0. The Balaban J connectivity index is 1.85. The van der Waals surface area contributed by atoms with Gasteiger partial charge in [0, 0.05) is 31.7 Å². The first-order valence-electron chi connectivity index (χ1n) is 6.07. The van der Waals surface area contributed by atoms with Gasteiger partial charge in [-0.05, 0) is 35.9 Å². The third-order valence-corrected chi connectivity index (χ3v) is 2.65. The number of rotatable bonds is 5. The number of anilines is 1. The highest BCUT2D eigenvalue weighted by Gasteiger charge is 2.28. The van der Waals surface area contributed by atoms with Crippen molar-refractivity contribution >= 4 is 5.69 Å². The molecule has 0 saturated heterocycles. The van der Waals surface area contributed by atoms with Gasteiger partial charge in [0.25, 0.3) is 0 Å². The number of hydrogen-bond acceptors (Lipinski definition) is 2. The fourth-order valence-electron chi connectivity index (χ4n) is 1.70. The largest absolute Gasteiger partial charge is 0.484 e. The number of halogens is 3. The molecular weight excluding hydrogens is 269 g/mol. The lowest BCUT2D eigenvalue weighted by molar-refractivity contribution is -0.153. The zero-order valence-corrected chi connectivity index (χ0v) is 10.9. The number of ether oxygens (including phenoxy) is 1. The summed E-state index contributed by atoms with van der Waals surface area (Å²) in [5, 5.41) is 3.18. The highest BCUT2D eigenvalue weighted by atomic mass is 19.4. The number of benzene rings is 1. The molecule has 0 fully saturated rings. The van der Waals surface area contributed by atoms with Gasteiger partial charge in [0.15, 0.2) is 6.61 Å². The first kappa shape index (κ1) is 14.3. The van der Waals surface area contributed by atoms with Gasteiger partial charge in [-0.1, -0.05) is 0 Å². The Morgan fingerprint density at radius 1 is 1.15 bits per heavy atom. The zero-order valence-electron chi connectivity index (χ0n) is 10.9. The molecule has 1 heterocycles. The van der Waals surface area contributed by atoms with Crippen molar-refractivity contribution in [2.75, 3.05) is 11.9 Å². The molecule has 108 valence electrons. The molecular formula is C14H15F3N2O. The maximum Gasteiger partial charge on any atom is 0.422 e. The molecule has 3 nitrogen and oxygen atoms in total. The molecule has 1 aromatic heterocycles. The van der Waals surface area contributed by atoms with E-state index < -0.39 is 12.8 Å². The van der Waals surface area contributed by atoms with Crippen LogP contribution in [0.5, 0.6) is 5.75 Å². The van der Waals surface area contributed by atoms with Gasteiger partial charge >= 0.3 is 6.18 Å². The van der Waals surface area contributed by atoms with Gasteiger partial charge in [-0.25, -0.2) is 0 Å². The lowest BCUT2D eigenvalue weighted by Crippen LogP contribution is -2.19. The minimum absolute atomic E-state index is 0.201. The average molecular weight is 284 g/mol. The second kappa shape index (κ2) is 5.90. The van der Waals surface area contributed by atoms with Crippen LogP contribution < -0.4 is 10.1 Å². The molecule has 0 bridgehead atoms. The number of nitrogens with one attached hydrogen (secondary N) is 1. The van der Waals surface area contributed by atoms with Crippen molar-refractivity contribution < 1.29 is 17.9 Å². The predicted molar refractivity (Wildman–Crippen MR) is 70.7 cm³/mol. The van der Waals surface area contributed by atoms with Crippen LogP contribution in [0.25, 0.3) is 0 Å². The summed E-state index contributed by atoms with van der Waals surface area (Å²) in [6.45, 7) is -0.618. The highest BCUT2D eigenvalue weighted by molar-refractivity contribution is 5.46. The lowest BCUT2D eigenvalue weighted by Gasteiger charge is -2.10. The van der Waals surface area contributed by atoms with Crippen LogP contribution in [0, 0.1) is 0 Å². The predicted octanol–water partition coefficient (Wildman–Crippen LogP) is 3.58. The van der Waals surface area contributed by atoms with Gasteiger partial charge in [0.1, 0.15) is 5.75 Å². The Morgan fingerprint density at radius 2 is 1.85 bits per heavy atom. The first-order chi connectivity index (χ1) is 9.42. The van der Waals surface area contributed by atoms with Crippen molar-refractivity contribution in [3.63, 3.8) is 0 Å². The second-order valence-corrected chi connectivity index (χ2v) is 4.47. The Labute approximate surface area is 115 Å². The molecule has 2 rings (SSSR count). The van der Waals surface area contributed by atoms with Crippen molar-refractivity contribution in [3.8, 4) is 5.75 Å². The van der Waals surface area contributed by atoms with Crippen molar-refractivity contribution in [1.82, 2.24) is 4.57 Å². The van der Waals surface area contributed by atoms with Gasteiger partial charge in [0.2, 0.25) is 0 Å². The summed E-state index contributed by atoms with van der Waals surface area (Å²) in [5.41, 5.74) is 1.96. The van der Waals surface area contributed by atoms with E-state index in [-0.39, 0.29) is 5.75 Å². The van der Waals surface area contributed by atoms with Crippen molar-refractivity contribution in [3.05, 3.63) is 48.3 Å². The molecule has 1 N–H and O–H groups in total. The molecule has 0 atom stereocenters. The Kier molecular flexibility index (Phi) is 4.22. The third kappa shape index (κ3) is 4.53. The molecule has 0 saturated carbocycles. The molecule has 2 aromatic rings. The topological polar surface area (TPSA) is 26.2 Å². The summed E-state index contributed by atoms with van der Waals surface area (Å²) in [6.07, 6.45) is -0.372. The Morgan fingerprint density at radius 3 is 2.40 bits per heavy atom. The van der Waals surface area contributed by atoms with E-state index in [1.807, 2.05) is 30.1 Å². The molecule has 0 aliphatic rings. The van der Waals surface area contributed by atoms with Crippen LogP contribution in [0.15, 0.2) is 42.7 Å². The zero-order chi connectivity index (χ0) is 14.6. The van der Waals surface area contributed by atoms with E-state index in [9.17, 15) is 13.2 Å². The van der Waals surface area contributed by atoms with E-state index in [1.165, 1.54) is 12.1 Å². The van der Waals surface area contributed by atoms with Gasteiger partial charge in [0.05, 0.1) is 0 Å². The standard InChI is InChI=1S/C14H15F3N2O/c1-19-7-6-11(9-19)8-18-12-2-4-13(5-3-12)20-10-14(15,16)17/h2-7,9,18H,8,10H2,1H3. The SMILES string of the molecule is Cn1ccc(CNc2ccc(OCC(F)(F)F)cc2)c1. The summed E-state index contributed by atoms with van der Waals surface area (Å²) in [6, 6.07) is 8.40. The van der Waals surface area contributed by atoms with E-state index in [1.54, 1.807) is 12.1 Å². The minimum Gasteiger partial charge on any atom is -0.484 e. The molecule has 1 aromatic carbocycles. The minimum atomic E-state index is -4.32. The van der Waals surface area contributed by atoms with Gasteiger partial charge < -0.3 is 14.6 Å². The summed E-state index contributed by atoms with van der Waals surface area (Å²) in [4.78, 5) is 0. The summed E-state index contributed by atoms with van der Waals surface area (Å²) in [5.74, 6) is 0.201. The van der Waals surface area contributed by atoms with E-state index in [4.69, 9.17) is 0 Å². The van der Waals surface area contributed by atoms with Crippen molar-refractivity contribution in [2.24, 2.45) is 7.05 Å². The van der Waals surface area contributed by atoms with Gasteiger partial charge in [-0.3, -0.25) is 0 Å². The normalized spacial score (nSPS) is 11.4. The maximum atomic E-state index is 12.0. The number of alkyl halides is 3. The maximum absolute atomic E-state index is 12.0. The van der Waals surface area contributed by atoms with Crippen LogP contribution >= 0.6 is 0 Å². The van der Waals surface area contributed by atoms with Crippen LogP contribution in [0.1, 0.15) is 5.56 Å². The molecule has 20 heavy (non-hydrogen) atoms. The highest BCUT2D eigenvalue weighted by Crippen LogP contribution is 2.20. The Hall–Kier alpha value is -2.11.